The molecule has 0 atom stereocenters. The zero-order valence-corrected chi connectivity index (χ0v) is 15.9. The molecule has 0 bridgehead atoms. The second-order valence-electron chi connectivity index (χ2n) is 7.10. The molecule has 0 saturated heterocycles. The van der Waals surface area contributed by atoms with Gasteiger partial charge in [0.05, 0.1) is 22.3 Å². The SMILES string of the molecule is CC(=O)c1ccc(-n2cnc3cc4c(cc32)NCC4)nc1-c1c(C#N)n[nH]c1C. The Bertz CT molecular complexity index is 1340. The van der Waals surface area contributed by atoms with Crippen LogP contribution in [-0.2, 0) is 6.42 Å². The number of rotatable bonds is 3. The number of hydrogen-bond acceptors (Lipinski definition) is 6. The standard InChI is InChI=1S/C21H17N7O/c1-11-20(17(9-22)27-26-11)21-14(12(2)29)3-4-19(25-21)28-10-24-16-7-13-5-6-23-15(13)8-18(16)28/h3-4,7-8,10,23H,5-6H2,1-2H3,(H,26,27). The lowest BCUT2D eigenvalue weighted by molar-refractivity contribution is 0.101. The molecule has 29 heavy (non-hydrogen) atoms. The van der Waals surface area contributed by atoms with E-state index in [1.54, 1.807) is 18.5 Å². The quantitative estimate of drug-likeness (QED) is 0.526. The van der Waals surface area contributed by atoms with Crippen LogP contribution in [0.5, 0.6) is 0 Å². The highest BCUT2D eigenvalue weighted by Crippen LogP contribution is 2.31. The molecule has 0 saturated carbocycles. The number of carbonyl (C=O) groups is 1. The Hall–Kier alpha value is -3.99. The topological polar surface area (TPSA) is 112 Å². The van der Waals surface area contributed by atoms with Crippen molar-refractivity contribution in [2.75, 3.05) is 11.9 Å². The van der Waals surface area contributed by atoms with Crippen molar-refractivity contribution in [1.29, 1.82) is 5.26 Å². The van der Waals surface area contributed by atoms with Gasteiger partial charge in [-0.2, -0.15) is 10.4 Å². The van der Waals surface area contributed by atoms with Gasteiger partial charge in [0, 0.05) is 23.5 Å². The van der Waals surface area contributed by atoms with E-state index in [0.717, 1.165) is 29.7 Å². The third-order valence-corrected chi connectivity index (χ3v) is 5.28. The number of hydrogen-bond donors (Lipinski definition) is 2. The van der Waals surface area contributed by atoms with Crippen molar-refractivity contribution in [2.24, 2.45) is 0 Å². The van der Waals surface area contributed by atoms with Gasteiger partial charge in [0.2, 0.25) is 0 Å². The third kappa shape index (κ3) is 2.59. The molecule has 0 unspecified atom stereocenters. The number of ketones is 1. The molecule has 1 aromatic carbocycles. The van der Waals surface area contributed by atoms with Crippen molar-refractivity contribution in [3.05, 3.63) is 53.1 Å². The van der Waals surface area contributed by atoms with Gasteiger partial charge in [0.25, 0.3) is 0 Å². The first-order valence-corrected chi connectivity index (χ1v) is 9.28. The van der Waals surface area contributed by atoms with Gasteiger partial charge in [-0.1, -0.05) is 0 Å². The van der Waals surface area contributed by atoms with Gasteiger partial charge in [-0.25, -0.2) is 9.97 Å². The van der Waals surface area contributed by atoms with Crippen LogP contribution in [0.1, 0.15) is 34.2 Å². The summed E-state index contributed by atoms with van der Waals surface area (Å²) in [6, 6.07) is 9.78. The minimum Gasteiger partial charge on any atom is -0.384 e. The van der Waals surface area contributed by atoms with Gasteiger partial charge >= 0.3 is 0 Å². The molecule has 4 aromatic rings. The smallest absolute Gasteiger partial charge is 0.171 e. The van der Waals surface area contributed by atoms with Crippen molar-refractivity contribution in [1.82, 2.24) is 24.7 Å². The van der Waals surface area contributed by atoms with E-state index in [1.807, 2.05) is 11.5 Å². The zero-order chi connectivity index (χ0) is 20.1. The van der Waals surface area contributed by atoms with Crippen LogP contribution in [0.2, 0.25) is 0 Å². The molecule has 2 N–H and O–H groups in total. The van der Waals surface area contributed by atoms with Gasteiger partial charge in [-0.05, 0) is 50.1 Å². The van der Waals surface area contributed by atoms with Crippen LogP contribution in [-0.4, -0.2) is 37.1 Å². The predicted octanol–water partition coefficient (Wildman–Crippen LogP) is 3.16. The van der Waals surface area contributed by atoms with Crippen molar-refractivity contribution in [2.45, 2.75) is 20.3 Å². The number of nitriles is 1. The molecular formula is C21H17N7O. The second-order valence-corrected chi connectivity index (χ2v) is 7.10. The zero-order valence-electron chi connectivity index (χ0n) is 15.9. The number of aryl methyl sites for hydroxylation is 1. The minimum atomic E-state index is -0.124. The molecule has 8 nitrogen and oxygen atoms in total. The van der Waals surface area contributed by atoms with Crippen LogP contribution in [0, 0.1) is 18.3 Å². The van der Waals surface area contributed by atoms with Crippen molar-refractivity contribution in [3.63, 3.8) is 0 Å². The maximum Gasteiger partial charge on any atom is 0.171 e. The summed E-state index contributed by atoms with van der Waals surface area (Å²) >= 11 is 0. The van der Waals surface area contributed by atoms with Crippen molar-refractivity contribution < 1.29 is 4.79 Å². The Kier molecular flexibility index (Phi) is 3.71. The average Bonchev–Trinajstić information content (AvgIpc) is 3.43. The number of H-pyrrole nitrogens is 1. The molecule has 0 radical (unpaired) electrons. The lowest BCUT2D eigenvalue weighted by atomic mass is 10.0. The molecule has 0 spiro atoms. The molecule has 0 aliphatic carbocycles. The Morgan fingerprint density at radius 2 is 2.17 bits per heavy atom. The first kappa shape index (κ1) is 17.1. The lowest BCUT2D eigenvalue weighted by Crippen LogP contribution is -2.05. The Morgan fingerprint density at radius 1 is 1.31 bits per heavy atom. The summed E-state index contributed by atoms with van der Waals surface area (Å²) in [5.74, 6) is 0.496. The van der Waals surface area contributed by atoms with E-state index < -0.39 is 0 Å². The lowest BCUT2D eigenvalue weighted by Gasteiger charge is -2.11. The highest BCUT2D eigenvalue weighted by Gasteiger charge is 2.21. The van der Waals surface area contributed by atoms with Gasteiger partial charge in [0.1, 0.15) is 18.2 Å². The van der Waals surface area contributed by atoms with E-state index >= 15 is 0 Å². The van der Waals surface area contributed by atoms with Crippen LogP contribution < -0.4 is 5.32 Å². The fourth-order valence-corrected chi connectivity index (χ4v) is 3.84. The third-order valence-electron chi connectivity index (χ3n) is 5.28. The number of anilines is 1. The molecule has 3 aromatic heterocycles. The van der Waals surface area contributed by atoms with Crippen LogP contribution in [0.25, 0.3) is 28.1 Å². The Morgan fingerprint density at radius 3 is 2.97 bits per heavy atom. The van der Waals surface area contributed by atoms with E-state index in [1.165, 1.54) is 12.5 Å². The van der Waals surface area contributed by atoms with E-state index in [2.05, 4.69) is 38.7 Å². The summed E-state index contributed by atoms with van der Waals surface area (Å²) in [6.07, 6.45) is 2.72. The van der Waals surface area contributed by atoms with E-state index in [4.69, 9.17) is 4.98 Å². The van der Waals surface area contributed by atoms with Crippen molar-refractivity contribution in [3.8, 4) is 23.1 Å². The summed E-state index contributed by atoms with van der Waals surface area (Å²) < 4.78 is 1.89. The van der Waals surface area contributed by atoms with Gasteiger partial charge < -0.3 is 5.32 Å². The molecule has 0 amide bonds. The van der Waals surface area contributed by atoms with Crippen LogP contribution in [0.15, 0.2) is 30.6 Å². The van der Waals surface area contributed by atoms with Gasteiger partial charge in [-0.15, -0.1) is 0 Å². The number of fused-ring (bicyclic) bond motifs is 2. The number of carbonyl (C=O) groups excluding carboxylic acids is 1. The van der Waals surface area contributed by atoms with Gasteiger partial charge in [0.15, 0.2) is 11.5 Å². The summed E-state index contributed by atoms with van der Waals surface area (Å²) in [4.78, 5) is 21.5. The largest absolute Gasteiger partial charge is 0.384 e. The molecule has 5 rings (SSSR count). The fourth-order valence-electron chi connectivity index (χ4n) is 3.84. The minimum absolute atomic E-state index is 0.124. The number of imidazole rings is 1. The predicted molar refractivity (Wildman–Crippen MR) is 108 cm³/mol. The normalized spacial score (nSPS) is 12.6. The molecule has 8 heteroatoms. The van der Waals surface area contributed by atoms with E-state index in [0.29, 0.717) is 28.3 Å². The second kappa shape index (κ2) is 6.27. The Labute approximate surface area is 166 Å². The number of aromatic amines is 1. The highest BCUT2D eigenvalue weighted by molar-refractivity contribution is 6.00. The highest BCUT2D eigenvalue weighted by atomic mass is 16.1. The fraction of sp³-hybridized carbons (Fsp3) is 0.190. The number of nitrogens with one attached hydrogen (secondary N) is 2. The number of pyridine rings is 1. The molecule has 1 aliphatic rings. The van der Waals surface area contributed by atoms with Gasteiger partial charge in [-0.3, -0.25) is 14.5 Å². The van der Waals surface area contributed by atoms with Crippen molar-refractivity contribution >= 4 is 22.5 Å². The van der Waals surface area contributed by atoms with E-state index in [9.17, 15) is 10.1 Å². The number of Topliss-reactive ketones (excluding diaryl/α,β-unsaturated/α-hetero) is 1. The maximum absolute atomic E-state index is 12.2. The summed E-state index contributed by atoms with van der Waals surface area (Å²) in [5, 5.41) is 19.7. The molecule has 4 heterocycles. The van der Waals surface area contributed by atoms with Crippen LogP contribution >= 0.6 is 0 Å². The molecular weight excluding hydrogens is 366 g/mol. The first-order chi connectivity index (χ1) is 14.1. The summed E-state index contributed by atoms with van der Waals surface area (Å²) in [5.41, 5.74) is 6.53. The van der Waals surface area contributed by atoms with E-state index in [-0.39, 0.29) is 11.5 Å². The number of aromatic nitrogens is 5. The number of nitrogens with zero attached hydrogens (tertiary/aromatic N) is 5. The molecule has 1 aliphatic heterocycles. The molecule has 0 fully saturated rings. The number of benzene rings is 1. The Balaban J connectivity index is 1.74. The van der Waals surface area contributed by atoms with Crippen LogP contribution in [0.3, 0.4) is 0 Å². The summed E-state index contributed by atoms with van der Waals surface area (Å²) in [6.45, 7) is 4.22. The maximum atomic E-state index is 12.2. The van der Waals surface area contributed by atoms with Crippen LogP contribution in [0.4, 0.5) is 5.69 Å². The molecule has 142 valence electrons. The first-order valence-electron chi connectivity index (χ1n) is 9.28. The monoisotopic (exact) mass is 383 g/mol. The average molecular weight is 383 g/mol. The summed E-state index contributed by atoms with van der Waals surface area (Å²) in [7, 11) is 0.